The molecule has 0 aromatic heterocycles. The molecule has 0 saturated heterocycles. The van der Waals surface area contributed by atoms with Crippen molar-refractivity contribution < 1.29 is 5.11 Å². The first-order valence-electron chi connectivity index (χ1n) is 6.02. The molecule has 1 atom stereocenters. The van der Waals surface area contributed by atoms with Gasteiger partial charge in [0.25, 0.3) is 0 Å². The van der Waals surface area contributed by atoms with Crippen molar-refractivity contribution in [2.24, 2.45) is 5.92 Å². The second kappa shape index (κ2) is 4.38. The zero-order valence-electron chi connectivity index (χ0n) is 9.96. The minimum Gasteiger partial charge on any atom is -0.389 e. The summed E-state index contributed by atoms with van der Waals surface area (Å²) in [6.07, 6.45) is 3.82. The average molecular weight is 239 g/mol. The second-order valence-electron chi connectivity index (χ2n) is 5.00. The third-order valence-electron chi connectivity index (χ3n) is 3.65. The highest BCUT2D eigenvalue weighted by Gasteiger charge is 2.42. The van der Waals surface area contributed by atoms with Crippen molar-refractivity contribution in [3.63, 3.8) is 0 Å². The molecule has 0 bridgehead atoms. The molecule has 1 saturated carbocycles. The van der Waals surface area contributed by atoms with Crippen LogP contribution in [0.1, 0.15) is 37.3 Å². The molecule has 1 aliphatic carbocycles. The molecular formula is C14H19ClO. The maximum atomic E-state index is 10.5. The fraction of sp³-hybridized carbons (Fsp3) is 0.571. The third-order valence-corrected chi connectivity index (χ3v) is 4.01. The summed E-state index contributed by atoms with van der Waals surface area (Å²) in [6, 6.07) is 6.07. The molecule has 2 rings (SSSR count). The molecule has 0 radical (unpaired) electrons. The minimum absolute atomic E-state index is 0.481. The lowest BCUT2D eigenvalue weighted by Crippen LogP contribution is -2.33. The molecule has 1 fully saturated rings. The maximum Gasteiger partial charge on any atom is 0.0713 e. The van der Waals surface area contributed by atoms with Gasteiger partial charge < -0.3 is 5.11 Å². The van der Waals surface area contributed by atoms with Crippen LogP contribution in [0, 0.1) is 12.8 Å². The summed E-state index contributed by atoms with van der Waals surface area (Å²) < 4.78 is 0. The predicted molar refractivity (Wildman–Crippen MR) is 67.9 cm³/mol. The van der Waals surface area contributed by atoms with Gasteiger partial charge in [0.05, 0.1) is 5.60 Å². The molecular weight excluding hydrogens is 220 g/mol. The highest BCUT2D eigenvalue weighted by atomic mass is 35.5. The molecule has 0 spiro atoms. The van der Waals surface area contributed by atoms with E-state index >= 15 is 0 Å². The highest BCUT2D eigenvalue weighted by Crippen LogP contribution is 2.43. The van der Waals surface area contributed by atoms with Crippen LogP contribution < -0.4 is 0 Å². The van der Waals surface area contributed by atoms with Crippen molar-refractivity contribution in [3.05, 3.63) is 34.3 Å². The topological polar surface area (TPSA) is 20.2 Å². The number of hydrogen-bond acceptors (Lipinski definition) is 1. The fourth-order valence-corrected chi connectivity index (χ4v) is 2.61. The van der Waals surface area contributed by atoms with Gasteiger partial charge in [-0.05, 0) is 49.3 Å². The Morgan fingerprint density at radius 3 is 2.62 bits per heavy atom. The van der Waals surface area contributed by atoms with E-state index in [1.54, 1.807) is 0 Å². The van der Waals surface area contributed by atoms with Crippen LogP contribution in [0.3, 0.4) is 0 Å². The molecule has 0 aliphatic heterocycles. The lowest BCUT2D eigenvalue weighted by atomic mass is 9.87. The molecule has 2 heteroatoms. The Morgan fingerprint density at radius 1 is 1.44 bits per heavy atom. The molecule has 88 valence electrons. The summed E-state index contributed by atoms with van der Waals surface area (Å²) in [7, 11) is 0. The summed E-state index contributed by atoms with van der Waals surface area (Å²) in [5, 5.41) is 11.3. The van der Waals surface area contributed by atoms with E-state index in [1.807, 2.05) is 19.1 Å². The summed E-state index contributed by atoms with van der Waals surface area (Å²) >= 11 is 6.21. The minimum atomic E-state index is -0.543. The van der Waals surface area contributed by atoms with Crippen LogP contribution in [0.15, 0.2) is 18.2 Å². The SMILES string of the molecule is CCC(O)(Cc1ccc(C)cc1Cl)C1CC1. The van der Waals surface area contributed by atoms with E-state index < -0.39 is 5.60 Å². The molecule has 1 N–H and O–H groups in total. The standard InChI is InChI=1S/C14H19ClO/c1-3-14(16,12-6-7-12)9-11-5-4-10(2)8-13(11)15/h4-5,8,12,16H,3,6-7,9H2,1-2H3. The van der Waals surface area contributed by atoms with E-state index in [9.17, 15) is 5.11 Å². The number of hydrogen-bond donors (Lipinski definition) is 1. The smallest absolute Gasteiger partial charge is 0.0713 e. The quantitative estimate of drug-likeness (QED) is 0.847. The Bertz CT molecular complexity index is 384. The van der Waals surface area contributed by atoms with E-state index in [0.29, 0.717) is 12.3 Å². The number of rotatable bonds is 4. The van der Waals surface area contributed by atoms with Crippen LogP contribution in [0.25, 0.3) is 0 Å². The Kier molecular flexibility index (Phi) is 3.27. The van der Waals surface area contributed by atoms with Gasteiger partial charge in [0.2, 0.25) is 0 Å². The predicted octanol–water partition coefficient (Wildman–Crippen LogP) is 3.74. The van der Waals surface area contributed by atoms with Crippen molar-refractivity contribution in [3.8, 4) is 0 Å². The van der Waals surface area contributed by atoms with Crippen molar-refractivity contribution in [1.82, 2.24) is 0 Å². The average Bonchev–Trinajstić information content (AvgIpc) is 3.06. The Labute approximate surface area is 102 Å². The largest absolute Gasteiger partial charge is 0.389 e. The van der Waals surface area contributed by atoms with Crippen LogP contribution in [-0.4, -0.2) is 10.7 Å². The first-order chi connectivity index (χ1) is 7.55. The number of aryl methyl sites for hydroxylation is 1. The van der Waals surface area contributed by atoms with Gasteiger partial charge >= 0.3 is 0 Å². The van der Waals surface area contributed by atoms with Crippen LogP contribution in [0.4, 0.5) is 0 Å². The van der Waals surface area contributed by atoms with Crippen molar-refractivity contribution >= 4 is 11.6 Å². The molecule has 0 heterocycles. The number of benzene rings is 1. The molecule has 1 aliphatic rings. The molecule has 1 aromatic carbocycles. The van der Waals surface area contributed by atoms with E-state index in [0.717, 1.165) is 29.8 Å². The van der Waals surface area contributed by atoms with Crippen molar-refractivity contribution in [2.75, 3.05) is 0 Å². The molecule has 1 nitrogen and oxygen atoms in total. The van der Waals surface area contributed by atoms with Gasteiger partial charge in [0, 0.05) is 11.4 Å². The number of halogens is 1. The highest BCUT2D eigenvalue weighted by molar-refractivity contribution is 6.31. The summed E-state index contributed by atoms with van der Waals surface area (Å²) in [6.45, 7) is 4.09. The normalized spacial score (nSPS) is 19.5. The summed E-state index contributed by atoms with van der Waals surface area (Å²) in [5.74, 6) is 0.481. The van der Waals surface area contributed by atoms with E-state index in [2.05, 4.69) is 13.0 Å². The van der Waals surface area contributed by atoms with Gasteiger partial charge in [-0.2, -0.15) is 0 Å². The molecule has 1 aromatic rings. The van der Waals surface area contributed by atoms with Gasteiger partial charge in [-0.3, -0.25) is 0 Å². The molecule has 1 unspecified atom stereocenters. The maximum absolute atomic E-state index is 10.5. The Balaban J connectivity index is 2.18. The second-order valence-corrected chi connectivity index (χ2v) is 5.41. The van der Waals surface area contributed by atoms with E-state index in [4.69, 9.17) is 11.6 Å². The Morgan fingerprint density at radius 2 is 2.12 bits per heavy atom. The van der Waals surface area contributed by atoms with E-state index in [1.165, 1.54) is 5.56 Å². The zero-order chi connectivity index (χ0) is 11.8. The van der Waals surface area contributed by atoms with Gasteiger partial charge in [-0.15, -0.1) is 0 Å². The first kappa shape index (κ1) is 11.9. The molecule has 16 heavy (non-hydrogen) atoms. The summed E-state index contributed by atoms with van der Waals surface area (Å²) in [4.78, 5) is 0. The molecule has 0 amide bonds. The third kappa shape index (κ3) is 2.41. The fourth-order valence-electron chi connectivity index (χ4n) is 2.30. The van der Waals surface area contributed by atoms with Gasteiger partial charge in [0.15, 0.2) is 0 Å². The van der Waals surface area contributed by atoms with Crippen molar-refractivity contribution in [1.29, 1.82) is 0 Å². The van der Waals surface area contributed by atoms with Gasteiger partial charge in [-0.1, -0.05) is 30.7 Å². The van der Waals surface area contributed by atoms with E-state index in [-0.39, 0.29) is 0 Å². The van der Waals surface area contributed by atoms with Crippen molar-refractivity contribution in [2.45, 2.75) is 45.1 Å². The zero-order valence-corrected chi connectivity index (χ0v) is 10.7. The number of aliphatic hydroxyl groups is 1. The lowest BCUT2D eigenvalue weighted by molar-refractivity contribution is 0.0139. The summed E-state index contributed by atoms with van der Waals surface area (Å²) in [5.41, 5.74) is 1.70. The monoisotopic (exact) mass is 238 g/mol. The van der Waals surface area contributed by atoms with Crippen LogP contribution >= 0.6 is 11.6 Å². The lowest BCUT2D eigenvalue weighted by Gasteiger charge is -2.27. The Hall–Kier alpha value is -0.530. The van der Waals surface area contributed by atoms with Crippen LogP contribution in [0.2, 0.25) is 5.02 Å². The first-order valence-corrected chi connectivity index (χ1v) is 6.40. The van der Waals surface area contributed by atoms with Gasteiger partial charge in [-0.25, -0.2) is 0 Å². The van der Waals surface area contributed by atoms with Crippen LogP contribution in [0.5, 0.6) is 0 Å². The van der Waals surface area contributed by atoms with Crippen LogP contribution in [-0.2, 0) is 6.42 Å². The van der Waals surface area contributed by atoms with Gasteiger partial charge in [0.1, 0.15) is 0 Å².